The van der Waals surface area contributed by atoms with Crippen LogP contribution in [0.1, 0.15) is 37.2 Å². The van der Waals surface area contributed by atoms with Crippen molar-refractivity contribution in [3.05, 3.63) is 17.7 Å². The molecular weight excluding hydrogens is 264 g/mol. The summed E-state index contributed by atoms with van der Waals surface area (Å²) in [4.78, 5) is 11.7. The lowest BCUT2D eigenvalue weighted by atomic mass is 10.3. The van der Waals surface area contributed by atoms with Crippen LogP contribution in [0.2, 0.25) is 0 Å². The van der Waals surface area contributed by atoms with Crippen molar-refractivity contribution in [3.8, 4) is 0 Å². The number of nitrogens with two attached hydrogens (primary N) is 1. The summed E-state index contributed by atoms with van der Waals surface area (Å²) in [5, 5.41) is 6.83. The molecule has 5 N–H and O–H groups in total. The number of aryl methyl sites for hydroxylation is 1. The van der Waals surface area contributed by atoms with Gasteiger partial charge in [-0.05, 0) is 65.3 Å². The van der Waals surface area contributed by atoms with Crippen molar-refractivity contribution in [1.29, 1.82) is 0 Å². The number of hydrogen-bond acceptors (Lipinski definition) is 5. The smallest absolute Gasteiger partial charge is 0.148 e. The zero-order chi connectivity index (χ0) is 15.2. The maximum Gasteiger partial charge on any atom is 0.148 e. The van der Waals surface area contributed by atoms with E-state index in [1.165, 1.54) is 12.8 Å². The first-order valence-corrected chi connectivity index (χ1v) is 7.96. The molecule has 1 aromatic rings. The molecule has 1 rings (SSSR count). The van der Waals surface area contributed by atoms with E-state index in [1.807, 2.05) is 13.1 Å². The van der Waals surface area contributed by atoms with E-state index in [0.717, 1.165) is 63.6 Å². The Bertz CT molecular complexity index is 374. The Hall–Kier alpha value is -1.24. The average molecular weight is 294 g/mol. The van der Waals surface area contributed by atoms with Crippen LogP contribution in [0.4, 0.5) is 0 Å². The molecule has 0 aliphatic heterocycles. The van der Waals surface area contributed by atoms with E-state index < -0.39 is 0 Å². The van der Waals surface area contributed by atoms with Crippen molar-refractivity contribution in [2.75, 3.05) is 39.3 Å². The molecule has 0 saturated carbocycles. The quantitative estimate of drug-likeness (QED) is 0.320. The molecule has 0 fully saturated rings. The molecule has 6 heteroatoms. The van der Waals surface area contributed by atoms with E-state index in [-0.39, 0.29) is 0 Å². The topological polar surface area (TPSA) is 91.1 Å². The largest absolute Gasteiger partial charge is 0.341 e. The number of hydrogen-bond donors (Lipinski definition) is 4. The van der Waals surface area contributed by atoms with Crippen molar-refractivity contribution in [2.45, 2.75) is 32.6 Å². The lowest BCUT2D eigenvalue weighted by Crippen LogP contribution is -2.21. The van der Waals surface area contributed by atoms with E-state index in [1.54, 1.807) is 6.21 Å². The van der Waals surface area contributed by atoms with Crippen LogP contribution in [0.5, 0.6) is 0 Å². The molecule has 0 unspecified atom stereocenters. The van der Waals surface area contributed by atoms with Crippen molar-refractivity contribution in [1.82, 2.24) is 20.6 Å². The van der Waals surface area contributed by atoms with Gasteiger partial charge in [0.2, 0.25) is 0 Å². The molecule has 1 heterocycles. The minimum atomic E-state index is 0.774. The molecule has 0 bridgehead atoms. The number of rotatable bonds is 13. The minimum Gasteiger partial charge on any atom is -0.341 e. The van der Waals surface area contributed by atoms with Gasteiger partial charge in [-0.3, -0.25) is 4.99 Å². The number of nitrogens with zero attached hydrogens (tertiary/aromatic N) is 2. The molecule has 0 radical (unpaired) electrons. The van der Waals surface area contributed by atoms with Gasteiger partial charge < -0.3 is 21.4 Å². The van der Waals surface area contributed by atoms with E-state index in [0.29, 0.717) is 0 Å². The summed E-state index contributed by atoms with van der Waals surface area (Å²) in [6.07, 6.45) is 8.17. The van der Waals surface area contributed by atoms with Crippen LogP contribution in [0.3, 0.4) is 0 Å². The molecule has 0 amide bonds. The predicted octanol–water partition coefficient (Wildman–Crippen LogP) is 0.835. The molecule has 0 aliphatic rings. The highest BCUT2D eigenvalue weighted by Gasteiger charge is 1.92. The Morgan fingerprint density at radius 3 is 2.43 bits per heavy atom. The van der Waals surface area contributed by atoms with Gasteiger partial charge in [-0.1, -0.05) is 0 Å². The molecule has 6 nitrogen and oxygen atoms in total. The highest BCUT2D eigenvalue weighted by atomic mass is 14.9. The van der Waals surface area contributed by atoms with Gasteiger partial charge >= 0.3 is 0 Å². The number of H-pyrrole nitrogens is 1. The van der Waals surface area contributed by atoms with Crippen LogP contribution in [0.15, 0.2) is 11.2 Å². The van der Waals surface area contributed by atoms with Gasteiger partial charge in [-0.25, -0.2) is 4.98 Å². The SMILES string of the molecule is Cc1cnc(C=NCCCNCCCCNCCCN)[nH]1. The van der Waals surface area contributed by atoms with Crippen LogP contribution in [0.25, 0.3) is 0 Å². The Balaban J connectivity index is 1.81. The van der Waals surface area contributed by atoms with Crippen LogP contribution >= 0.6 is 0 Å². The Labute approximate surface area is 128 Å². The fourth-order valence-corrected chi connectivity index (χ4v) is 1.92. The monoisotopic (exact) mass is 294 g/mol. The number of unbranched alkanes of at least 4 members (excludes halogenated alkanes) is 1. The number of nitrogens with one attached hydrogen (secondary N) is 3. The van der Waals surface area contributed by atoms with Gasteiger partial charge in [0, 0.05) is 18.4 Å². The third kappa shape index (κ3) is 10.2. The van der Waals surface area contributed by atoms with Gasteiger partial charge in [0.05, 0.1) is 6.21 Å². The molecule has 21 heavy (non-hydrogen) atoms. The first kappa shape index (κ1) is 17.8. The molecule has 0 atom stereocenters. The molecule has 0 aromatic carbocycles. The summed E-state index contributed by atoms with van der Waals surface area (Å²) < 4.78 is 0. The standard InChI is InChI=1S/C15H30N6/c1-14-12-20-15(21-14)13-19-11-5-10-18-8-3-2-7-17-9-4-6-16/h12-13,17-18H,2-11,16H2,1H3,(H,20,21). The minimum absolute atomic E-state index is 0.774. The summed E-state index contributed by atoms with van der Waals surface area (Å²) in [7, 11) is 0. The maximum atomic E-state index is 5.43. The van der Waals surface area contributed by atoms with Crippen LogP contribution in [-0.4, -0.2) is 55.5 Å². The van der Waals surface area contributed by atoms with Gasteiger partial charge in [-0.2, -0.15) is 0 Å². The van der Waals surface area contributed by atoms with E-state index in [2.05, 4.69) is 25.6 Å². The second kappa shape index (κ2) is 12.5. The molecule has 0 aliphatic carbocycles. The molecular formula is C15H30N6. The summed E-state index contributed by atoms with van der Waals surface area (Å²) in [6.45, 7) is 7.84. The first-order chi connectivity index (χ1) is 10.3. The van der Waals surface area contributed by atoms with Gasteiger partial charge in [0.15, 0.2) is 0 Å². The van der Waals surface area contributed by atoms with Gasteiger partial charge in [0.25, 0.3) is 0 Å². The van der Waals surface area contributed by atoms with Crippen LogP contribution < -0.4 is 16.4 Å². The molecule has 0 spiro atoms. The van der Waals surface area contributed by atoms with E-state index >= 15 is 0 Å². The summed E-state index contributed by atoms with van der Waals surface area (Å²) in [5.41, 5.74) is 6.49. The number of aliphatic imine (C=N–C) groups is 1. The van der Waals surface area contributed by atoms with Crippen molar-refractivity contribution >= 4 is 6.21 Å². The van der Waals surface area contributed by atoms with E-state index in [4.69, 9.17) is 5.73 Å². The van der Waals surface area contributed by atoms with Crippen LogP contribution in [-0.2, 0) is 0 Å². The number of imidazole rings is 1. The van der Waals surface area contributed by atoms with E-state index in [9.17, 15) is 0 Å². The maximum absolute atomic E-state index is 5.43. The third-order valence-electron chi connectivity index (χ3n) is 3.09. The Kier molecular flexibility index (Phi) is 10.6. The normalized spacial score (nSPS) is 11.5. The second-order valence-electron chi connectivity index (χ2n) is 5.19. The van der Waals surface area contributed by atoms with Gasteiger partial charge in [-0.15, -0.1) is 0 Å². The first-order valence-electron chi connectivity index (χ1n) is 7.96. The summed E-state index contributed by atoms with van der Waals surface area (Å²) in [6, 6.07) is 0. The third-order valence-corrected chi connectivity index (χ3v) is 3.09. The number of aromatic nitrogens is 2. The van der Waals surface area contributed by atoms with Crippen molar-refractivity contribution in [3.63, 3.8) is 0 Å². The lowest BCUT2D eigenvalue weighted by molar-refractivity contribution is 0.570. The summed E-state index contributed by atoms with van der Waals surface area (Å²) >= 11 is 0. The fraction of sp³-hybridized carbons (Fsp3) is 0.733. The lowest BCUT2D eigenvalue weighted by Gasteiger charge is -2.05. The molecule has 120 valence electrons. The zero-order valence-corrected chi connectivity index (χ0v) is 13.2. The highest BCUT2D eigenvalue weighted by molar-refractivity contribution is 5.74. The average Bonchev–Trinajstić information content (AvgIpc) is 2.89. The van der Waals surface area contributed by atoms with Crippen molar-refractivity contribution < 1.29 is 0 Å². The zero-order valence-electron chi connectivity index (χ0n) is 13.2. The van der Waals surface area contributed by atoms with Gasteiger partial charge in [0.1, 0.15) is 5.82 Å². The Morgan fingerprint density at radius 1 is 1.14 bits per heavy atom. The van der Waals surface area contributed by atoms with Crippen molar-refractivity contribution in [2.24, 2.45) is 10.7 Å². The number of aromatic amines is 1. The fourth-order valence-electron chi connectivity index (χ4n) is 1.92. The van der Waals surface area contributed by atoms with Crippen LogP contribution in [0, 0.1) is 6.92 Å². The second-order valence-corrected chi connectivity index (χ2v) is 5.19. The highest BCUT2D eigenvalue weighted by Crippen LogP contribution is 1.91. The predicted molar refractivity (Wildman–Crippen MR) is 89.0 cm³/mol. The molecule has 0 saturated heterocycles. The molecule has 1 aromatic heterocycles. The Morgan fingerprint density at radius 2 is 1.81 bits per heavy atom. The summed E-state index contributed by atoms with van der Waals surface area (Å²) in [5.74, 6) is 0.836.